The maximum atomic E-state index is 11.5. The van der Waals surface area contributed by atoms with Gasteiger partial charge in [0.1, 0.15) is 7.85 Å². The van der Waals surface area contributed by atoms with E-state index in [-0.39, 0.29) is 6.04 Å². The summed E-state index contributed by atoms with van der Waals surface area (Å²) >= 11 is 0. The molecule has 22 heavy (non-hydrogen) atoms. The number of fused-ring (bicyclic) bond motifs is 1. The number of anilines is 1. The van der Waals surface area contributed by atoms with Crippen LogP contribution in [0.2, 0.25) is 0 Å². The van der Waals surface area contributed by atoms with Crippen molar-refractivity contribution in [3.63, 3.8) is 0 Å². The fourth-order valence-corrected chi connectivity index (χ4v) is 3.54. The lowest BCUT2D eigenvalue weighted by Crippen LogP contribution is -2.42. The largest absolute Gasteiger partial charge is 0.351 e. The van der Waals surface area contributed by atoms with Crippen LogP contribution in [0.3, 0.4) is 0 Å². The van der Waals surface area contributed by atoms with Gasteiger partial charge >= 0.3 is 0 Å². The number of hydrogen-bond donors (Lipinski definition) is 1. The first-order chi connectivity index (χ1) is 10.4. The van der Waals surface area contributed by atoms with Gasteiger partial charge in [-0.2, -0.15) is 0 Å². The molecule has 1 N–H and O–H groups in total. The van der Waals surface area contributed by atoms with Crippen LogP contribution in [0.15, 0.2) is 24.4 Å². The second kappa shape index (κ2) is 5.85. The third kappa shape index (κ3) is 3.22. The van der Waals surface area contributed by atoms with E-state index in [1.54, 1.807) is 6.20 Å². The molecule has 0 spiro atoms. The normalized spacial score (nSPS) is 17.7. The summed E-state index contributed by atoms with van der Waals surface area (Å²) in [6, 6.07) is 5.76. The van der Waals surface area contributed by atoms with Crippen LogP contribution in [0.5, 0.6) is 0 Å². The number of para-hydroxylation sites is 1. The minimum Gasteiger partial charge on any atom is -0.351 e. The zero-order valence-corrected chi connectivity index (χ0v) is 13.2. The number of aromatic nitrogens is 2. The predicted molar refractivity (Wildman–Crippen MR) is 88.0 cm³/mol. The van der Waals surface area contributed by atoms with Crippen molar-refractivity contribution in [2.45, 2.75) is 18.9 Å². The van der Waals surface area contributed by atoms with Gasteiger partial charge in [-0.1, -0.05) is 23.7 Å². The second-order valence-electron chi connectivity index (χ2n) is 5.56. The van der Waals surface area contributed by atoms with Crippen molar-refractivity contribution in [3.8, 4) is 0 Å². The predicted octanol–water partition coefficient (Wildman–Crippen LogP) is 0.260. The molecule has 0 aliphatic carbocycles. The van der Waals surface area contributed by atoms with Gasteiger partial charge in [0.25, 0.3) is 0 Å². The smallest absolute Gasteiger partial charge is 0.223 e. The van der Waals surface area contributed by atoms with Crippen molar-refractivity contribution in [3.05, 3.63) is 24.4 Å². The molecule has 1 aliphatic heterocycles. The van der Waals surface area contributed by atoms with E-state index in [1.807, 2.05) is 18.2 Å². The number of nitrogens with one attached hydrogen (secondary N) is 1. The molecule has 1 saturated heterocycles. The number of rotatable bonds is 3. The molecule has 0 saturated carbocycles. The van der Waals surface area contributed by atoms with Crippen LogP contribution < -0.4 is 10.8 Å². The Morgan fingerprint density at radius 3 is 2.73 bits per heavy atom. The van der Waals surface area contributed by atoms with E-state index in [2.05, 4.69) is 15.3 Å². The van der Waals surface area contributed by atoms with Crippen LogP contribution in [0.1, 0.15) is 12.8 Å². The van der Waals surface area contributed by atoms with Gasteiger partial charge in [-0.15, -0.1) is 0 Å². The topological polar surface area (TPSA) is 75.2 Å². The molecule has 0 atom stereocenters. The highest BCUT2D eigenvalue weighted by Crippen LogP contribution is 2.17. The number of piperidine rings is 1. The minimum atomic E-state index is -3.10. The molecule has 0 amide bonds. The molecule has 1 fully saturated rings. The molecule has 2 radical (unpaired) electrons. The van der Waals surface area contributed by atoms with E-state index in [9.17, 15) is 8.42 Å². The molecular weight excluding hydrogens is 299 g/mol. The van der Waals surface area contributed by atoms with Crippen LogP contribution in [0.25, 0.3) is 10.9 Å². The van der Waals surface area contributed by atoms with Crippen molar-refractivity contribution in [1.29, 1.82) is 0 Å². The van der Waals surface area contributed by atoms with Crippen molar-refractivity contribution >= 4 is 40.2 Å². The van der Waals surface area contributed by atoms with Crippen molar-refractivity contribution in [1.82, 2.24) is 14.3 Å². The molecule has 1 aliphatic rings. The second-order valence-corrected chi connectivity index (χ2v) is 7.54. The highest BCUT2D eigenvalue weighted by molar-refractivity contribution is 7.88. The zero-order valence-electron chi connectivity index (χ0n) is 12.4. The van der Waals surface area contributed by atoms with Crippen molar-refractivity contribution < 1.29 is 8.42 Å². The Kier molecular flexibility index (Phi) is 4.05. The van der Waals surface area contributed by atoms with Crippen molar-refractivity contribution in [2.24, 2.45) is 0 Å². The monoisotopic (exact) mass is 316 g/mol. The van der Waals surface area contributed by atoms with E-state index < -0.39 is 10.0 Å². The summed E-state index contributed by atoms with van der Waals surface area (Å²) in [6.45, 7) is 1.04. The van der Waals surface area contributed by atoms with Gasteiger partial charge in [0, 0.05) is 30.7 Å². The maximum Gasteiger partial charge on any atom is 0.223 e. The summed E-state index contributed by atoms with van der Waals surface area (Å²) in [7, 11) is 2.83. The summed E-state index contributed by atoms with van der Waals surface area (Å²) in [4.78, 5) is 8.76. The SMILES string of the molecule is [B]c1cccc2cnc(NC3CCN(S(C)(=O)=O)CC3)nc12. The van der Waals surface area contributed by atoms with Gasteiger partial charge in [0.2, 0.25) is 16.0 Å². The Hall–Kier alpha value is -1.67. The highest BCUT2D eigenvalue weighted by Gasteiger charge is 2.25. The first-order valence-corrected chi connectivity index (χ1v) is 9.01. The van der Waals surface area contributed by atoms with Gasteiger partial charge in [-0.25, -0.2) is 22.7 Å². The first-order valence-electron chi connectivity index (χ1n) is 7.16. The standard InChI is InChI=1S/C14H17BN4O2S/c1-22(20,21)19-7-5-11(6-8-19)17-14-16-9-10-3-2-4-12(15)13(10)18-14/h2-4,9,11H,5-8H2,1H3,(H,16,17,18). The molecular formula is C14H17BN4O2S. The molecule has 2 aromatic rings. The fraction of sp³-hybridized carbons (Fsp3) is 0.429. The van der Waals surface area contributed by atoms with Gasteiger partial charge in [-0.05, 0) is 12.8 Å². The summed E-state index contributed by atoms with van der Waals surface area (Å²) in [5.74, 6) is 0.531. The third-order valence-electron chi connectivity index (χ3n) is 3.90. The molecule has 1 aromatic heterocycles. The van der Waals surface area contributed by atoms with Crippen molar-refractivity contribution in [2.75, 3.05) is 24.7 Å². The van der Waals surface area contributed by atoms with Gasteiger partial charge < -0.3 is 5.32 Å². The van der Waals surface area contributed by atoms with E-state index >= 15 is 0 Å². The highest BCUT2D eigenvalue weighted by atomic mass is 32.2. The van der Waals surface area contributed by atoms with E-state index in [0.29, 0.717) is 24.5 Å². The number of nitrogens with zero attached hydrogens (tertiary/aromatic N) is 3. The fourth-order valence-electron chi connectivity index (χ4n) is 2.66. The van der Waals surface area contributed by atoms with E-state index in [0.717, 1.165) is 23.7 Å². The van der Waals surface area contributed by atoms with Crippen LogP contribution >= 0.6 is 0 Å². The van der Waals surface area contributed by atoms with Gasteiger partial charge in [0.15, 0.2) is 0 Å². The molecule has 6 nitrogen and oxygen atoms in total. The lowest BCUT2D eigenvalue weighted by Gasteiger charge is -2.30. The van der Waals surface area contributed by atoms with E-state index in [4.69, 9.17) is 7.85 Å². The summed E-state index contributed by atoms with van der Waals surface area (Å²) < 4.78 is 24.5. The molecule has 0 unspecified atom stereocenters. The van der Waals surface area contributed by atoms with Crippen LogP contribution in [-0.4, -0.2) is 55.9 Å². The van der Waals surface area contributed by atoms with Crippen LogP contribution in [0.4, 0.5) is 5.95 Å². The molecule has 1 aromatic carbocycles. The Morgan fingerprint density at radius 2 is 2.05 bits per heavy atom. The van der Waals surface area contributed by atoms with E-state index in [1.165, 1.54) is 10.6 Å². The van der Waals surface area contributed by atoms with Gasteiger partial charge in [-0.3, -0.25) is 0 Å². The average Bonchev–Trinajstić information content (AvgIpc) is 2.48. The lowest BCUT2D eigenvalue weighted by molar-refractivity contribution is 0.331. The molecule has 0 bridgehead atoms. The van der Waals surface area contributed by atoms with Crippen LogP contribution in [-0.2, 0) is 10.0 Å². The molecule has 2 heterocycles. The summed E-state index contributed by atoms with van der Waals surface area (Å²) in [5.41, 5.74) is 1.35. The first kappa shape index (κ1) is 15.2. The summed E-state index contributed by atoms with van der Waals surface area (Å²) in [6.07, 6.45) is 4.46. The minimum absolute atomic E-state index is 0.167. The molecule has 114 valence electrons. The number of sulfonamides is 1. The number of hydrogen-bond acceptors (Lipinski definition) is 5. The lowest BCUT2D eigenvalue weighted by atomic mass is 9.94. The third-order valence-corrected chi connectivity index (χ3v) is 5.20. The Morgan fingerprint density at radius 1 is 1.32 bits per heavy atom. The quantitative estimate of drug-likeness (QED) is 0.822. The zero-order chi connectivity index (χ0) is 15.7. The molecule has 8 heteroatoms. The maximum absolute atomic E-state index is 11.5. The molecule has 3 rings (SSSR count). The summed E-state index contributed by atoms with van der Waals surface area (Å²) in [5, 5.41) is 4.17. The Bertz CT molecular complexity index is 789. The number of benzene rings is 1. The Balaban J connectivity index is 1.71. The average molecular weight is 316 g/mol. The van der Waals surface area contributed by atoms with Crippen LogP contribution in [0, 0.1) is 0 Å². The Labute approximate surface area is 131 Å². The van der Waals surface area contributed by atoms with Gasteiger partial charge in [0.05, 0.1) is 11.8 Å².